The zero-order valence-electron chi connectivity index (χ0n) is 16.4. The Balaban J connectivity index is 1.64. The van der Waals surface area contributed by atoms with Crippen molar-refractivity contribution in [3.63, 3.8) is 0 Å². The van der Waals surface area contributed by atoms with Gasteiger partial charge >= 0.3 is 5.97 Å². The third-order valence-corrected chi connectivity index (χ3v) is 4.32. The van der Waals surface area contributed by atoms with Gasteiger partial charge in [-0.05, 0) is 42.8 Å². The van der Waals surface area contributed by atoms with Crippen molar-refractivity contribution in [3.05, 3.63) is 60.2 Å². The first-order valence-electron chi connectivity index (χ1n) is 9.34. The van der Waals surface area contributed by atoms with Crippen LogP contribution in [0, 0.1) is 0 Å². The highest BCUT2D eigenvalue weighted by atomic mass is 16.5. The second-order valence-electron chi connectivity index (χ2n) is 6.29. The molecule has 0 unspecified atom stereocenters. The van der Waals surface area contributed by atoms with E-state index in [-0.39, 0.29) is 24.8 Å². The highest BCUT2D eigenvalue weighted by molar-refractivity contribution is 5.94. The number of nitrogens with zero attached hydrogens (tertiary/aromatic N) is 1. The van der Waals surface area contributed by atoms with Crippen molar-refractivity contribution in [2.75, 3.05) is 20.3 Å². The van der Waals surface area contributed by atoms with Crippen LogP contribution in [0.3, 0.4) is 0 Å². The number of hydrogen-bond donors (Lipinski definition) is 2. The molecule has 2 N–H and O–H groups in total. The van der Waals surface area contributed by atoms with E-state index in [9.17, 15) is 9.59 Å². The van der Waals surface area contributed by atoms with Crippen LogP contribution in [0.5, 0.6) is 5.75 Å². The summed E-state index contributed by atoms with van der Waals surface area (Å²) >= 11 is 0. The Morgan fingerprint density at radius 1 is 1.07 bits per heavy atom. The van der Waals surface area contributed by atoms with E-state index < -0.39 is 0 Å². The lowest BCUT2D eigenvalue weighted by Gasteiger charge is -2.06. The fourth-order valence-corrected chi connectivity index (χ4v) is 2.81. The van der Waals surface area contributed by atoms with Crippen LogP contribution in [-0.2, 0) is 9.53 Å². The summed E-state index contributed by atoms with van der Waals surface area (Å²) in [6.07, 6.45) is 0.152. The second-order valence-corrected chi connectivity index (χ2v) is 6.29. The van der Waals surface area contributed by atoms with Crippen molar-refractivity contribution >= 4 is 11.9 Å². The van der Waals surface area contributed by atoms with Crippen molar-refractivity contribution in [2.45, 2.75) is 13.3 Å². The summed E-state index contributed by atoms with van der Waals surface area (Å²) in [6.45, 7) is 2.32. The minimum absolute atomic E-state index is 0.152. The van der Waals surface area contributed by atoms with E-state index in [4.69, 9.17) is 9.47 Å². The Bertz CT molecular complexity index is 980. The van der Waals surface area contributed by atoms with Crippen molar-refractivity contribution < 1.29 is 19.1 Å². The highest BCUT2D eigenvalue weighted by Crippen LogP contribution is 2.26. The van der Waals surface area contributed by atoms with Gasteiger partial charge in [-0.25, -0.2) is 0 Å². The lowest BCUT2D eigenvalue weighted by molar-refractivity contribution is -0.142. The summed E-state index contributed by atoms with van der Waals surface area (Å²) in [5.74, 6) is 0.210. The third kappa shape index (κ3) is 5.22. The quantitative estimate of drug-likeness (QED) is 0.572. The van der Waals surface area contributed by atoms with Crippen LogP contribution in [0.25, 0.3) is 22.5 Å². The predicted octanol–water partition coefficient (Wildman–Crippen LogP) is 3.44. The first-order chi connectivity index (χ1) is 14.1. The number of benzene rings is 2. The number of amides is 1. The number of rotatable bonds is 8. The average molecular weight is 393 g/mol. The van der Waals surface area contributed by atoms with Gasteiger partial charge < -0.3 is 14.8 Å². The fourth-order valence-electron chi connectivity index (χ4n) is 2.81. The Morgan fingerprint density at radius 3 is 2.59 bits per heavy atom. The molecule has 2 aromatic carbocycles. The number of methoxy groups -OCH3 is 1. The van der Waals surface area contributed by atoms with Crippen LogP contribution in [0.15, 0.2) is 54.6 Å². The van der Waals surface area contributed by atoms with E-state index in [0.717, 1.165) is 28.3 Å². The zero-order valence-corrected chi connectivity index (χ0v) is 16.4. The van der Waals surface area contributed by atoms with Gasteiger partial charge in [0, 0.05) is 17.7 Å². The molecule has 0 aliphatic heterocycles. The van der Waals surface area contributed by atoms with Gasteiger partial charge in [0.2, 0.25) is 0 Å². The number of carbonyl (C=O) groups is 2. The minimum Gasteiger partial charge on any atom is -0.497 e. The average Bonchev–Trinajstić information content (AvgIpc) is 3.24. The van der Waals surface area contributed by atoms with Crippen molar-refractivity contribution in [3.8, 4) is 28.3 Å². The van der Waals surface area contributed by atoms with E-state index in [1.54, 1.807) is 26.2 Å². The Hall–Kier alpha value is -3.61. The molecule has 29 heavy (non-hydrogen) atoms. The smallest absolute Gasteiger partial charge is 0.307 e. The number of esters is 1. The number of hydrogen-bond acceptors (Lipinski definition) is 5. The summed E-state index contributed by atoms with van der Waals surface area (Å²) in [5.41, 5.74) is 4.03. The molecule has 0 saturated carbocycles. The maximum atomic E-state index is 12.2. The maximum Gasteiger partial charge on any atom is 0.307 e. The van der Waals surface area contributed by atoms with E-state index in [2.05, 4.69) is 15.5 Å². The number of nitrogens with one attached hydrogen (secondary N) is 2. The topological polar surface area (TPSA) is 93.3 Å². The van der Waals surface area contributed by atoms with E-state index in [1.807, 2.05) is 42.5 Å². The van der Waals surface area contributed by atoms with Crippen molar-refractivity contribution in [1.29, 1.82) is 0 Å². The van der Waals surface area contributed by atoms with Gasteiger partial charge in [0.1, 0.15) is 5.75 Å². The Labute approximate surface area is 169 Å². The first-order valence-corrected chi connectivity index (χ1v) is 9.34. The molecule has 150 valence electrons. The molecular weight excluding hydrogens is 370 g/mol. The molecule has 1 heterocycles. The number of H-pyrrole nitrogens is 1. The van der Waals surface area contributed by atoms with Crippen LogP contribution < -0.4 is 10.1 Å². The third-order valence-electron chi connectivity index (χ3n) is 4.32. The largest absolute Gasteiger partial charge is 0.497 e. The molecule has 0 fully saturated rings. The monoisotopic (exact) mass is 393 g/mol. The maximum absolute atomic E-state index is 12.2. The molecule has 3 rings (SSSR count). The Morgan fingerprint density at radius 2 is 1.86 bits per heavy atom. The molecule has 0 radical (unpaired) electrons. The van der Waals surface area contributed by atoms with Gasteiger partial charge in [0.25, 0.3) is 5.91 Å². The van der Waals surface area contributed by atoms with Crippen LogP contribution in [0.2, 0.25) is 0 Å². The van der Waals surface area contributed by atoms with E-state index in [0.29, 0.717) is 12.2 Å². The molecule has 1 aromatic heterocycles. The van der Waals surface area contributed by atoms with Gasteiger partial charge in [-0.3, -0.25) is 14.7 Å². The van der Waals surface area contributed by atoms with Crippen LogP contribution in [0.4, 0.5) is 0 Å². The molecular formula is C22H23N3O4. The zero-order chi connectivity index (χ0) is 20.6. The second kappa shape index (κ2) is 9.54. The lowest BCUT2D eigenvalue weighted by Crippen LogP contribution is -2.26. The van der Waals surface area contributed by atoms with Gasteiger partial charge in [-0.1, -0.05) is 24.3 Å². The summed E-state index contributed by atoms with van der Waals surface area (Å²) in [4.78, 5) is 23.5. The molecule has 0 spiro atoms. The fraction of sp³-hybridized carbons (Fsp3) is 0.227. The highest BCUT2D eigenvalue weighted by Gasteiger charge is 2.10. The summed E-state index contributed by atoms with van der Waals surface area (Å²) in [6, 6.07) is 16.8. The van der Waals surface area contributed by atoms with Crippen LogP contribution >= 0.6 is 0 Å². The van der Waals surface area contributed by atoms with Crippen LogP contribution in [-0.4, -0.2) is 42.3 Å². The molecule has 0 atom stereocenters. The number of aromatic nitrogens is 2. The van der Waals surface area contributed by atoms with Crippen molar-refractivity contribution in [2.24, 2.45) is 0 Å². The molecule has 7 nitrogen and oxygen atoms in total. The van der Waals surface area contributed by atoms with E-state index in [1.165, 1.54) is 0 Å². The molecule has 0 bridgehead atoms. The van der Waals surface area contributed by atoms with Gasteiger partial charge in [-0.15, -0.1) is 0 Å². The molecule has 0 aliphatic carbocycles. The SMILES string of the molecule is CCOC(=O)CCNC(=O)c1ccc(-c2cc(-c3cccc(OC)c3)n[nH]2)cc1. The lowest BCUT2D eigenvalue weighted by atomic mass is 10.1. The van der Waals surface area contributed by atoms with Gasteiger partial charge in [0.05, 0.1) is 31.5 Å². The standard InChI is InChI=1S/C22H23N3O4/c1-3-29-21(26)11-12-23-22(27)16-9-7-15(8-10-16)19-14-20(25-24-19)17-5-4-6-18(13-17)28-2/h4-10,13-14H,3,11-12H2,1-2H3,(H,23,27)(H,24,25). The number of ether oxygens (including phenoxy) is 2. The molecule has 3 aromatic rings. The molecule has 0 saturated heterocycles. The van der Waals surface area contributed by atoms with Gasteiger partial charge in [0.15, 0.2) is 0 Å². The molecule has 1 amide bonds. The van der Waals surface area contributed by atoms with Gasteiger partial charge in [-0.2, -0.15) is 5.10 Å². The van der Waals surface area contributed by atoms with E-state index >= 15 is 0 Å². The minimum atomic E-state index is -0.325. The summed E-state index contributed by atoms with van der Waals surface area (Å²) < 4.78 is 10.1. The summed E-state index contributed by atoms with van der Waals surface area (Å²) in [7, 11) is 1.63. The molecule has 7 heteroatoms. The Kier molecular flexibility index (Phi) is 6.63. The normalized spacial score (nSPS) is 10.4. The van der Waals surface area contributed by atoms with Crippen LogP contribution in [0.1, 0.15) is 23.7 Å². The predicted molar refractivity (Wildman–Crippen MR) is 110 cm³/mol. The first kappa shape index (κ1) is 20.1. The van der Waals surface area contributed by atoms with Crippen molar-refractivity contribution in [1.82, 2.24) is 15.5 Å². The summed E-state index contributed by atoms with van der Waals surface area (Å²) in [5, 5.41) is 10.1. The molecule has 0 aliphatic rings. The number of carbonyl (C=O) groups excluding carboxylic acids is 2. The number of aromatic amines is 1.